The van der Waals surface area contributed by atoms with Crippen LogP contribution in [0.5, 0.6) is 5.75 Å². The van der Waals surface area contributed by atoms with E-state index in [1.807, 2.05) is 86.6 Å². The molecule has 1 amide bonds. The third-order valence-electron chi connectivity index (χ3n) is 6.59. The van der Waals surface area contributed by atoms with Crippen molar-refractivity contribution in [2.45, 2.75) is 36.5 Å². The molecule has 1 atom stereocenters. The van der Waals surface area contributed by atoms with Gasteiger partial charge in [0.05, 0.1) is 17.4 Å². The summed E-state index contributed by atoms with van der Waals surface area (Å²) in [6, 6.07) is 28.1. The number of amides is 1. The second-order valence-corrected chi connectivity index (χ2v) is 11.3. The van der Waals surface area contributed by atoms with E-state index >= 15 is 0 Å². The highest BCUT2D eigenvalue weighted by Crippen LogP contribution is 2.39. The zero-order chi connectivity index (χ0) is 24.6. The molecule has 1 unspecified atom stereocenters. The number of hydrogen-bond acceptors (Lipinski definition) is 4. The highest BCUT2D eigenvalue weighted by molar-refractivity contribution is 7.90. The van der Waals surface area contributed by atoms with Crippen LogP contribution in [0.3, 0.4) is 0 Å². The summed E-state index contributed by atoms with van der Waals surface area (Å²) in [5, 5.41) is 2.06. The van der Waals surface area contributed by atoms with Gasteiger partial charge < -0.3 is 4.74 Å². The molecule has 0 saturated heterocycles. The lowest BCUT2D eigenvalue weighted by Crippen LogP contribution is -2.35. The Labute approximate surface area is 205 Å². The van der Waals surface area contributed by atoms with E-state index < -0.39 is 21.8 Å². The van der Waals surface area contributed by atoms with Crippen molar-refractivity contribution in [3.8, 4) is 5.75 Å². The molecule has 1 N–H and O–H groups in total. The number of fused-ring (bicyclic) bond motifs is 2. The summed E-state index contributed by atoms with van der Waals surface area (Å²) >= 11 is 0. The largest absolute Gasteiger partial charge is 0.492 e. The van der Waals surface area contributed by atoms with Crippen molar-refractivity contribution in [2.24, 2.45) is 0 Å². The van der Waals surface area contributed by atoms with Crippen molar-refractivity contribution in [1.29, 1.82) is 0 Å². The van der Waals surface area contributed by atoms with Gasteiger partial charge >= 0.3 is 0 Å². The first-order valence-corrected chi connectivity index (χ1v) is 13.1. The van der Waals surface area contributed by atoms with Gasteiger partial charge in [0, 0.05) is 11.0 Å². The van der Waals surface area contributed by atoms with Gasteiger partial charge in [0.15, 0.2) is 0 Å². The normalized spacial score (nSPS) is 15.3. The Bertz CT molecular complexity index is 1510. The van der Waals surface area contributed by atoms with E-state index in [9.17, 15) is 13.2 Å². The molecular weight excluding hydrogens is 458 g/mol. The van der Waals surface area contributed by atoms with E-state index in [0.29, 0.717) is 18.8 Å². The Morgan fingerprint density at radius 1 is 0.914 bits per heavy atom. The van der Waals surface area contributed by atoms with Crippen LogP contribution in [0, 0.1) is 0 Å². The van der Waals surface area contributed by atoms with Crippen LogP contribution in [0.15, 0.2) is 95.9 Å². The number of carbonyl (C=O) groups is 1. The van der Waals surface area contributed by atoms with Crippen molar-refractivity contribution >= 4 is 26.7 Å². The first-order valence-electron chi connectivity index (χ1n) is 11.6. The maximum atomic E-state index is 13.5. The number of rotatable bonds is 6. The second kappa shape index (κ2) is 8.86. The summed E-state index contributed by atoms with van der Waals surface area (Å²) < 4.78 is 34.6. The van der Waals surface area contributed by atoms with Gasteiger partial charge in [-0.3, -0.25) is 4.79 Å². The van der Waals surface area contributed by atoms with Crippen molar-refractivity contribution in [1.82, 2.24) is 4.72 Å². The van der Waals surface area contributed by atoms with Crippen LogP contribution in [-0.4, -0.2) is 20.9 Å². The molecule has 5 nitrogen and oxygen atoms in total. The molecule has 1 aliphatic heterocycles. The molecule has 0 bridgehead atoms. The number of benzene rings is 4. The summed E-state index contributed by atoms with van der Waals surface area (Å²) in [4.78, 5) is 13.6. The molecule has 5 rings (SSSR count). The van der Waals surface area contributed by atoms with Crippen molar-refractivity contribution in [2.75, 3.05) is 6.61 Å². The third-order valence-corrected chi connectivity index (χ3v) is 7.93. The minimum atomic E-state index is -4.07. The summed E-state index contributed by atoms with van der Waals surface area (Å²) in [6.45, 7) is 4.49. The molecule has 4 aromatic carbocycles. The van der Waals surface area contributed by atoms with Crippen LogP contribution in [0.2, 0.25) is 0 Å². The molecule has 0 fully saturated rings. The third kappa shape index (κ3) is 4.66. The molecule has 0 aromatic heterocycles. The number of hydrogen-bond donors (Lipinski definition) is 1. The van der Waals surface area contributed by atoms with Crippen LogP contribution < -0.4 is 9.46 Å². The quantitative estimate of drug-likeness (QED) is 0.400. The van der Waals surface area contributed by atoms with Gasteiger partial charge in [-0.15, -0.1) is 0 Å². The monoisotopic (exact) mass is 485 g/mol. The highest BCUT2D eigenvalue weighted by atomic mass is 32.2. The van der Waals surface area contributed by atoms with Gasteiger partial charge in [-0.2, -0.15) is 0 Å². The molecule has 35 heavy (non-hydrogen) atoms. The van der Waals surface area contributed by atoms with Crippen molar-refractivity contribution in [3.05, 3.63) is 108 Å². The fraction of sp³-hybridized carbons (Fsp3) is 0.207. The Hall–Kier alpha value is -3.64. The van der Waals surface area contributed by atoms with Gasteiger partial charge in [-0.1, -0.05) is 86.6 Å². The molecular formula is C29H27NO4S. The van der Waals surface area contributed by atoms with Crippen LogP contribution >= 0.6 is 0 Å². The first-order chi connectivity index (χ1) is 16.7. The molecule has 6 heteroatoms. The van der Waals surface area contributed by atoms with Crippen LogP contribution in [0.1, 0.15) is 36.5 Å². The fourth-order valence-corrected chi connectivity index (χ4v) is 5.61. The second-order valence-electron chi connectivity index (χ2n) is 9.65. The number of carbonyl (C=O) groups excluding carboxylic acids is 1. The van der Waals surface area contributed by atoms with Gasteiger partial charge in [-0.05, 0) is 46.5 Å². The predicted octanol–water partition coefficient (Wildman–Crippen LogP) is 5.34. The van der Waals surface area contributed by atoms with Gasteiger partial charge in [0.2, 0.25) is 5.91 Å². The summed E-state index contributed by atoms with van der Waals surface area (Å²) in [7, 11) is -4.07. The van der Waals surface area contributed by atoms with Gasteiger partial charge in [0.25, 0.3) is 10.0 Å². The fourth-order valence-electron chi connectivity index (χ4n) is 4.57. The Kier molecular flexibility index (Phi) is 5.85. The zero-order valence-corrected chi connectivity index (χ0v) is 20.5. The highest BCUT2D eigenvalue weighted by Gasteiger charge is 2.34. The average molecular weight is 486 g/mol. The average Bonchev–Trinajstić information content (AvgIpc) is 3.16. The van der Waals surface area contributed by atoms with Gasteiger partial charge in [-0.25, -0.2) is 13.1 Å². The van der Waals surface area contributed by atoms with Crippen LogP contribution in [0.25, 0.3) is 10.8 Å². The number of ether oxygens (including phenoxy) is 1. The molecule has 0 aliphatic carbocycles. The maximum Gasteiger partial charge on any atom is 0.264 e. The molecule has 0 saturated carbocycles. The van der Waals surface area contributed by atoms with Gasteiger partial charge in [0.1, 0.15) is 5.75 Å². The van der Waals surface area contributed by atoms with E-state index in [-0.39, 0.29) is 10.3 Å². The molecule has 4 aromatic rings. The lowest BCUT2D eigenvalue weighted by molar-refractivity contribution is -0.120. The summed E-state index contributed by atoms with van der Waals surface area (Å²) in [5.41, 5.74) is 2.24. The molecule has 1 aliphatic rings. The minimum Gasteiger partial charge on any atom is -0.492 e. The van der Waals surface area contributed by atoms with Crippen LogP contribution in [-0.2, 0) is 26.7 Å². The number of sulfonamides is 1. The number of nitrogens with one attached hydrogen (secondary N) is 1. The maximum absolute atomic E-state index is 13.5. The van der Waals surface area contributed by atoms with E-state index in [4.69, 9.17) is 4.74 Å². The van der Waals surface area contributed by atoms with Crippen LogP contribution in [0.4, 0.5) is 0 Å². The first kappa shape index (κ1) is 23.1. The van der Waals surface area contributed by atoms with E-state index in [1.54, 1.807) is 12.1 Å². The Morgan fingerprint density at radius 2 is 1.63 bits per heavy atom. The molecule has 1 heterocycles. The topological polar surface area (TPSA) is 72.5 Å². The van der Waals surface area contributed by atoms with E-state index in [0.717, 1.165) is 27.5 Å². The van der Waals surface area contributed by atoms with Crippen molar-refractivity contribution in [3.63, 3.8) is 0 Å². The zero-order valence-electron chi connectivity index (χ0n) is 19.7. The smallest absolute Gasteiger partial charge is 0.264 e. The standard InChI is InChI=1S/C29H27NO4S/c1-29(2)19-34-27-15-14-24(18-26(27)29)35(32,33)30-28(31)25(16-20-8-4-3-5-9-20)23-13-12-21-10-6-7-11-22(21)17-23/h3-15,17-18,25H,16,19H2,1-2H3,(H,30,31). The molecule has 178 valence electrons. The molecule has 0 radical (unpaired) electrons. The Balaban J connectivity index is 1.48. The summed E-state index contributed by atoms with van der Waals surface area (Å²) in [5.74, 6) is -0.551. The lowest BCUT2D eigenvalue weighted by atomic mass is 9.87. The van der Waals surface area contributed by atoms with E-state index in [2.05, 4.69) is 4.72 Å². The SMILES string of the molecule is CC1(C)COc2ccc(S(=O)(=O)NC(=O)C(Cc3ccccc3)c3ccc4ccccc4c3)cc21. The minimum absolute atomic E-state index is 0.0557. The lowest BCUT2D eigenvalue weighted by Gasteiger charge is -2.19. The predicted molar refractivity (Wildman–Crippen MR) is 137 cm³/mol. The summed E-state index contributed by atoms with van der Waals surface area (Å²) in [6.07, 6.45) is 0.381. The van der Waals surface area contributed by atoms with Crippen molar-refractivity contribution < 1.29 is 17.9 Å². The molecule has 0 spiro atoms. The Morgan fingerprint density at radius 3 is 2.40 bits per heavy atom. The van der Waals surface area contributed by atoms with E-state index in [1.165, 1.54) is 6.07 Å².